The van der Waals surface area contributed by atoms with E-state index in [-0.39, 0.29) is 23.5 Å². The molecule has 0 radical (unpaired) electrons. The second-order valence-corrected chi connectivity index (χ2v) is 9.93. The fraction of sp³-hybridized carbons (Fsp3) is 0.333. The Hall–Kier alpha value is -3.45. The second-order valence-electron chi connectivity index (χ2n) is 8.57. The lowest BCUT2D eigenvalue weighted by atomic mass is 10.0. The molecule has 0 aromatic carbocycles. The molecule has 0 aliphatic carbocycles. The highest BCUT2D eigenvalue weighted by Gasteiger charge is 2.43. The molecule has 0 spiro atoms. The van der Waals surface area contributed by atoms with Crippen LogP contribution < -0.4 is 14.8 Å². The molecule has 0 saturated carbocycles. The molecule has 1 N–H and O–H groups in total. The number of anilines is 1. The lowest BCUT2D eigenvalue weighted by Crippen LogP contribution is -2.26. The molecule has 190 valence electrons. The topological polar surface area (TPSA) is 130 Å². The number of carbonyl (C=O) groups excluding carboxylic acids is 1. The van der Waals surface area contributed by atoms with Gasteiger partial charge >= 0.3 is 0 Å². The van der Waals surface area contributed by atoms with Crippen molar-refractivity contribution in [3.63, 3.8) is 0 Å². The van der Waals surface area contributed by atoms with Crippen molar-refractivity contribution in [3.05, 3.63) is 47.1 Å². The Morgan fingerprint density at radius 2 is 2.03 bits per heavy atom. The molecule has 2 fully saturated rings. The summed E-state index contributed by atoms with van der Waals surface area (Å²) < 4.78 is 22.7. The van der Waals surface area contributed by atoms with E-state index in [1.165, 1.54) is 37.0 Å². The van der Waals surface area contributed by atoms with Crippen LogP contribution in [0.25, 0.3) is 21.6 Å². The lowest BCUT2D eigenvalue weighted by molar-refractivity contribution is -0.0906. The second kappa shape index (κ2) is 9.78. The van der Waals surface area contributed by atoms with Crippen molar-refractivity contribution < 1.29 is 23.7 Å². The minimum absolute atomic E-state index is 0.141. The number of methoxy groups -OCH3 is 1. The van der Waals surface area contributed by atoms with Crippen molar-refractivity contribution >= 4 is 44.5 Å². The van der Waals surface area contributed by atoms with Crippen LogP contribution in [-0.4, -0.2) is 63.5 Å². The van der Waals surface area contributed by atoms with Gasteiger partial charge in [-0.25, -0.2) is 9.97 Å². The monoisotopic (exact) mass is 540 g/mol. The third kappa shape index (κ3) is 4.68. The van der Waals surface area contributed by atoms with Gasteiger partial charge in [0.2, 0.25) is 5.88 Å². The van der Waals surface area contributed by atoms with Gasteiger partial charge in [0.15, 0.2) is 21.9 Å². The molecule has 6 rings (SSSR count). The van der Waals surface area contributed by atoms with Gasteiger partial charge in [0.1, 0.15) is 17.0 Å². The SMILES string of the molecule is COc1cnc(Cl)cc1-c1cc(C)ncc1C(=O)Nc1nc2ncc(OC3COC4OCCC34)nc2s1. The van der Waals surface area contributed by atoms with E-state index in [2.05, 4.69) is 30.2 Å². The van der Waals surface area contributed by atoms with E-state index in [1.54, 1.807) is 12.1 Å². The first-order valence-corrected chi connectivity index (χ1v) is 12.7. The lowest BCUT2D eigenvalue weighted by Gasteiger charge is -2.15. The summed E-state index contributed by atoms with van der Waals surface area (Å²) in [5, 5.41) is 3.45. The van der Waals surface area contributed by atoms with E-state index in [4.69, 9.17) is 30.5 Å². The number of thiazole rings is 1. The molecule has 3 unspecified atom stereocenters. The van der Waals surface area contributed by atoms with Crippen LogP contribution >= 0.6 is 22.9 Å². The summed E-state index contributed by atoms with van der Waals surface area (Å²) in [6.45, 7) is 2.94. The largest absolute Gasteiger partial charge is 0.494 e. The summed E-state index contributed by atoms with van der Waals surface area (Å²) in [6, 6.07) is 3.44. The molecule has 1 amide bonds. The van der Waals surface area contributed by atoms with E-state index in [1.807, 2.05) is 6.92 Å². The third-order valence-electron chi connectivity index (χ3n) is 6.21. The molecule has 2 aliphatic heterocycles. The number of carbonyl (C=O) groups is 1. The first-order chi connectivity index (χ1) is 18.0. The normalized spacial score (nSPS) is 20.7. The van der Waals surface area contributed by atoms with Crippen LogP contribution in [0, 0.1) is 12.8 Å². The van der Waals surface area contributed by atoms with Gasteiger partial charge in [-0.1, -0.05) is 22.9 Å². The number of nitrogens with zero attached hydrogens (tertiary/aromatic N) is 5. The number of nitrogens with one attached hydrogen (secondary N) is 1. The first-order valence-electron chi connectivity index (χ1n) is 11.5. The Balaban J connectivity index is 1.25. The third-order valence-corrected chi connectivity index (χ3v) is 7.27. The van der Waals surface area contributed by atoms with Crippen molar-refractivity contribution in [1.82, 2.24) is 24.9 Å². The van der Waals surface area contributed by atoms with Gasteiger partial charge < -0.3 is 18.9 Å². The number of halogens is 1. The number of aryl methyl sites for hydroxylation is 1. The molecule has 4 aromatic rings. The van der Waals surface area contributed by atoms with Gasteiger partial charge in [-0.15, -0.1) is 0 Å². The average molecular weight is 541 g/mol. The van der Waals surface area contributed by atoms with Crippen LogP contribution in [0.3, 0.4) is 0 Å². The zero-order valence-corrected chi connectivity index (χ0v) is 21.4. The van der Waals surface area contributed by atoms with Crippen molar-refractivity contribution in [1.29, 1.82) is 0 Å². The molecule has 2 saturated heterocycles. The Morgan fingerprint density at radius 1 is 1.14 bits per heavy atom. The number of aromatic nitrogens is 5. The summed E-state index contributed by atoms with van der Waals surface area (Å²) in [4.78, 5) is 35.5. The molecule has 11 nitrogen and oxygen atoms in total. The van der Waals surface area contributed by atoms with Gasteiger partial charge in [-0.3, -0.25) is 15.1 Å². The van der Waals surface area contributed by atoms with E-state index < -0.39 is 5.91 Å². The molecule has 4 aromatic heterocycles. The van der Waals surface area contributed by atoms with Crippen molar-refractivity contribution in [2.45, 2.75) is 25.7 Å². The van der Waals surface area contributed by atoms with Crippen LogP contribution in [0.5, 0.6) is 11.6 Å². The van der Waals surface area contributed by atoms with Gasteiger partial charge in [0.25, 0.3) is 5.91 Å². The Morgan fingerprint density at radius 3 is 2.89 bits per heavy atom. The highest BCUT2D eigenvalue weighted by Crippen LogP contribution is 2.36. The zero-order chi connectivity index (χ0) is 25.5. The van der Waals surface area contributed by atoms with Crippen molar-refractivity contribution in [3.8, 4) is 22.8 Å². The molecule has 13 heteroatoms. The minimum Gasteiger partial charge on any atom is -0.494 e. The van der Waals surface area contributed by atoms with Crippen molar-refractivity contribution in [2.24, 2.45) is 5.92 Å². The van der Waals surface area contributed by atoms with E-state index in [0.29, 0.717) is 57.1 Å². The van der Waals surface area contributed by atoms with Gasteiger partial charge in [0, 0.05) is 23.0 Å². The zero-order valence-electron chi connectivity index (χ0n) is 19.8. The van der Waals surface area contributed by atoms with Crippen LogP contribution in [0.15, 0.2) is 30.7 Å². The fourth-order valence-corrected chi connectivity index (χ4v) is 5.38. The number of fused-ring (bicyclic) bond motifs is 2. The number of amides is 1. The van der Waals surface area contributed by atoms with Gasteiger partial charge in [-0.2, -0.15) is 9.97 Å². The maximum Gasteiger partial charge on any atom is 0.259 e. The smallest absolute Gasteiger partial charge is 0.259 e. The van der Waals surface area contributed by atoms with E-state index >= 15 is 0 Å². The average Bonchev–Trinajstić information content (AvgIpc) is 3.60. The number of ether oxygens (including phenoxy) is 4. The number of hydrogen-bond donors (Lipinski definition) is 1. The fourth-order valence-electron chi connectivity index (χ4n) is 4.44. The highest BCUT2D eigenvalue weighted by molar-refractivity contribution is 7.21. The predicted molar refractivity (Wildman–Crippen MR) is 135 cm³/mol. The van der Waals surface area contributed by atoms with Crippen LogP contribution in [0.4, 0.5) is 5.13 Å². The summed E-state index contributed by atoms with van der Waals surface area (Å²) in [5.74, 6) is 0.637. The molecule has 6 heterocycles. The molecule has 2 aliphatic rings. The van der Waals surface area contributed by atoms with Gasteiger partial charge in [-0.05, 0) is 25.5 Å². The maximum atomic E-state index is 13.3. The number of rotatable bonds is 6. The van der Waals surface area contributed by atoms with Crippen LogP contribution in [-0.2, 0) is 9.47 Å². The Bertz CT molecular complexity index is 1500. The first kappa shape index (κ1) is 23.9. The summed E-state index contributed by atoms with van der Waals surface area (Å²) in [7, 11) is 1.53. The number of hydrogen-bond acceptors (Lipinski definition) is 11. The molecular weight excluding hydrogens is 520 g/mol. The highest BCUT2D eigenvalue weighted by atomic mass is 35.5. The van der Waals surface area contributed by atoms with Crippen LogP contribution in [0.2, 0.25) is 5.15 Å². The predicted octanol–water partition coefficient (Wildman–Crippen LogP) is 3.91. The summed E-state index contributed by atoms with van der Waals surface area (Å²) in [6.07, 6.45) is 5.08. The molecule has 37 heavy (non-hydrogen) atoms. The molecular formula is C24H21ClN6O5S. The standard InChI is InChI=1S/C24H21ClN6O5S/c1-11-5-13(14-6-18(25)27-8-16(14)33-2)15(7-26-11)21(32)31-24-30-20-22(37-24)29-19(9-28-20)36-17-10-35-23-12(17)3-4-34-23/h5-9,12,17,23H,3-4,10H2,1-2H3,(H,28,30,31,32). The minimum atomic E-state index is -0.400. The Kier molecular flexibility index (Phi) is 6.32. The maximum absolute atomic E-state index is 13.3. The Labute approximate surface area is 220 Å². The van der Waals surface area contributed by atoms with Crippen molar-refractivity contribution in [2.75, 3.05) is 25.6 Å². The molecule has 0 bridgehead atoms. The number of pyridine rings is 2. The summed E-state index contributed by atoms with van der Waals surface area (Å²) >= 11 is 7.33. The van der Waals surface area contributed by atoms with E-state index in [9.17, 15) is 4.79 Å². The molecule has 3 atom stereocenters. The summed E-state index contributed by atoms with van der Waals surface area (Å²) in [5.41, 5.74) is 2.68. The van der Waals surface area contributed by atoms with Gasteiger partial charge in [0.05, 0.1) is 44.2 Å². The quantitative estimate of drug-likeness (QED) is 0.359. The van der Waals surface area contributed by atoms with E-state index in [0.717, 1.165) is 12.1 Å². The van der Waals surface area contributed by atoms with Crippen LogP contribution in [0.1, 0.15) is 22.5 Å².